The molecular weight excluding hydrogens is 432 g/mol. The van der Waals surface area contributed by atoms with E-state index in [0.717, 1.165) is 22.4 Å². The van der Waals surface area contributed by atoms with Gasteiger partial charge >= 0.3 is 5.97 Å². The van der Waals surface area contributed by atoms with Crippen LogP contribution in [0, 0.1) is 0 Å². The molecular formula is C19H23BrN2O4S. The minimum Gasteiger partial charge on any atom is -0.467 e. The van der Waals surface area contributed by atoms with Crippen molar-refractivity contribution in [2.45, 2.75) is 37.3 Å². The number of hydrogen-bond donors (Lipinski definition) is 1. The number of amides is 2. The number of nitrogens with zero attached hydrogens (tertiary/aromatic N) is 1. The predicted octanol–water partition coefficient (Wildman–Crippen LogP) is 2.61. The maximum absolute atomic E-state index is 13.5. The summed E-state index contributed by atoms with van der Waals surface area (Å²) in [7, 11) is 1.34. The number of ether oxygens (including phenoxy) is 1. The normalized spacial score (nSPS) is 21.6. The summed E-state index contributed by atoms with van der Waals surface area (Å²) in [5.74, 6) is 0.768. The van der Waals surface area contributed by atoms with Crippen LogP contribution in [0.5, 0.6) is 0 Å². The lowest BCUT2D eigenvalue weighted by molar-refractivity contribution is -0.153. The average molecular weight is 455 g/mol. The lowest BCUT2D eigenvalue weighted by atomic mass is 9.89. The van der Waals surface area contributed by atoms with Crippen molar-refractivity contribution in [2.24, 2.45) is 0 Å². The standard InChI is InChI=1S/C19H23BrN2O4S/c1-26-17(24)15-3-2-10-22(15)18(25)19(8-11-27-12-9-19)21-16(23)13-4-6-14(20)7-5-13/h4-7,15H,2-3,8-12H2,1H3,(H,21,23)/t15-/m0/s1. The van der Waals surface area contributed by atoms with Crippen LogP contribution in [0.25, 0.3) is 0 Å². The van der Waals surface area contributed by atoms with Crippen LogP contribution in [-0.2, 0) is 14.3 Å². The molecule has 3 rings (SSSR count). The first-order valence-corrected chi connectivity index (χ1v) is 11.0. The van der Waals surface area contributed by atoms with Gasteiger partial charge in [-0.2, -0.15) is 11.8 Å². The Kier molecular flexibility index (Phi) is 6.47. The highest BCUT2D eigenvalue weighted by Crippen LogP contribution is 2.32. The third kappa shape index (κ3) is 4.32. The molecule has 0 spiro atoms. The summed E-state index contributed by atoms with van der Waals surface area (Å²) in [4.78, 5) is 40.0. The molecule has 0 saturated carbocycles. The third-order valence-electron chi connectivity index (χ3n) is 5.20. The average Bonchev–Trinajstić information content (AvgIpc) is 3.17. The zero-order valence-electron chi connectivity index (χ0n) is 15.2. The van der Waals surface area contributed by atoms with Crippen molar-refractivity contribution in [1.82, 2.24) is 10.2 Å². The van der Waals surface area contributed by atoms with Gasteiger partial charge in [0.2, 0.25) is 5.91 Å². The van der Waals surface area contributed by atoms with E-state index in [1.54, 1.807) is 40.9 Å². The lowest BCUT2D eigenvalue weighted by Gasteiger charge is -2.40. The highest BCUT2D eigenvalue weighted by Gasteiger charge is 2.47. The van der Waals surface area contributed by atoms with Crippen LogP contribution < -0.4 is 5.32 Å². The Labute approximate surface area is 171 Å². The summed E-state index contributed by atoms with van der Waals surface area (Å²) >= 11 is 5.13. The van der Waals surface area contributed by atoms with Crippen LogP contribution in [0.4, 0.5) is 0 Å². The molecule has 8 heteroatoms. The van der Waals surface area contributed by atoms with Gasteiger partial charge in [0.15, 0.2) is 0 Å². The first-order valence-electron chi connectivity index (χ1n) is 9.01. The topological polar surface area (TPSA) is 75.7 Å². The molecule has 0 bridgehead atoms. The van der Waals surface area contributed by atoms with Gasteiger partial charge in [-0.25, -0.2) is 4.79 Å². The van der Waals surface area contributed by atoms with Crippen LogP contribution in [0.3, 0.4) is 0 Å². The van der Waals surface area contributed by atoms with Crippen LogP contribution in [0.2, 0.25) is 0 Å². The van der Waals surface area contributed by atoms with Crippen molar-refractivity contribution >= 4 is 45.5 Å². The van der Waals surface area contributed by atoms with Gasteiger partial charge in [-0.15, -0.1) is 0 Å². The Morgan fingerprint density at radius 1 is 1.22 bits per heavy atom. The van der Waals surface area contributed by atoms with Crippen LogP contribution in [0.1, 0.15) is 36.0 Å². The van der Waals surface area contributed by atoms with Crippen molar-refractivity contribution in [3.8, 4) is 0 Å². The molecule has 6 nitrogen and oxygen atoms in total. The second-order valence-corrected chi connectivity index (χ2v) is 8.98. The molecule has 1 aromatic carbocycles. The lowest BCUT2D eigenvalue weighted by Crippen LogP contribution is -2.62. The molecule has 2 amide bonds. The Bertz CT molecular complexity index is 719. The van der Waals surface area contributed by atoms with Gasteiger partial charge in [-0.05, 0) is 61.5 Å². The molecule has 1 aromatic rings. The summed E-state index contributed by atoms with van der Waals surface area (Å²) in [6.45, 7) is 0.516. The number of carbonyl (C=O) groups is 3. The zero-order chi connectivity index (χ0) is 19.4. The van der Waals surface area contributed by atoms with Crippen molar-refractivity contribution in [3.63, 3.8) is 0 Å². The second-order valence-electron chi connectivity index (χ2n) is 6.84. The van der Waals surface area contributed by atoms with Gasteiger partial charge in [0.05, 0.1) is 7.11 Å². The van der Waals surface area contributed by atoms with Gasteiger partial charge in [-0.3, -0.25) is 9.59 Å². The van der Waals surface area contributed by atoms with E-state index in [0.29, 0.717) is 31.4 Å². The van der Waals surface area contributed by atoms with Crippen LogP contribution in [0.15, 0.2) is 28.7 Å². The molecule has 2 fully saturated rings. The number of thioether (sulfide) groups is 1. The first kappa shape index (κ1) is 20.2. The maximum atomic E-state index is 13.5. The molecule has 0 aromatic heterocycles. The van der Waals surface area contributed by atoms with Crippen LogP contribution >= 0.6 is 27.7 Å². The Morgan fingerprint density at radius 3 is 2.52 bits per heavy atom. The number of carbonyl (C=O) groups excluding carboxylic acids is 3. The minimum absolute atomic E-state index is 0.166. The fourth-order valence-electron chi connectivity index (χ4n) is 3.67. The van der Waals surface area contributed by atoms with Gasteiger partial charge in [0.1, 0.15) is 11.6 Å². The number of hydrogen-bond acceptors (Lipinski definition) is 5. The predicted molar refractivity (Wildman–Crippen MR) is 108 cm³/mol. The molecule has 27 heavy (non-hydrogen) atoms. The van der Waals surface area contributed by atoms with Crippen molar-refractivity contribution < 1.29 is 19.1 Å². The highest BCUT2D eigenvalue weighted by molar-refractivity contribution is 9.10. The van der Waals surface area contributed by atoms with Gasteiger partial charge in [-0.1, -0.05) is 15.9 Å². The quantitative estimate of drug-likeness (QED) is 0.707. The fourth-order valence-corrected chi connectivity index (χ4v) is 5.12. The van der Waals surface area contributed by atoms with Gasteiger partial charge in [0.25, 0.3) is 5.91 Å². The van der Waals surface area contributed by atoms with E-state index in [1.807, 2.05) is 0 Å². The first-order chi connectivity index (χ1) is 13.0. The molecule has 2 heterocycles. The van der Waals surface area contributed by atoms with Crippen molar-refractivity contribution in [2.75, 3.05) is 25.2 Å². The summed E-state index contributed by atoms with van der Waals surface area (Å²) in [6.07, 6.45) is 2.48. The van der Waals surface area contributed by atoms with Gasteiger partial charge < -0.3 is 15.0 Å². The molecule has 1 N–H and O–H groups in total. The minimum atomic E-state index is -0.966. The number of methoxy groups -OCH3 is 1. The third-order valence-corrected chi connectivity index (χ3v) is 6.72. The molecule has 1 atom stereocenters. The molecule has 146 valence electrons. The summed E-state index contributed by atoms with van der Waals surface area (Å²) in [5, 5.41) is 3.01. The zero-order valence-corrected chi connectivity index (χ0v) is 17.6. The molecule has 2 aliphatic rings. The number of nitrogens with one attached hydrogen (secondary N) is 1. The number of esters is 1. The monoisotopic (exact) mass is 454 g/mol. The summed E-state index contributed by atoms with van der Waals surface area (Å²) < 4.78 is 5.75. The fraction of sp³-hybridized carbons (Fsp3) is 0.526. The largest absolute Gasteiger partial charge is 0.467 e. The SMILES string of the molecule is COC(=O)[C@@H]1CCCN1C(=O)C1(NC(=O)c2ccc(Br)cc2)CCSCC1. The number of benzene rings is 1. The van der Waals surface area contributed by atoms with E-state index < -0.39 is 11.6 Å². The molecule has 2 aliphatic heterocycles. The molecule has 0 radical (unpaired) electrons. The smallest absolute Gasteiger partial charge is 0.328 e. The highest BCUT2D eigenvalue weighted by atomic mass is 79.9. The summed E-state index contributed by atoms with van der Waals surface area (Å²) in [6, 6.07) is 6.49. The molecule has 0 unspecified atom stereocenters. The van der Waals surface area contributed by atoms with Crippen molar-refractivity contribution in [1.29, 1.82) is 0 Å². The van der Waals surface area contributed by atoms with E-state index in [2.05, 4.69) is 21.2 Å². The molecule has 0 aliphatic carbocycles. The van der Waals surface area contributed by atoms with E-state index in [4.69, 9.17) is 4.74 Å². The van der Waals surface area contributed by atoms with E-state index >= 15 is 0 Å². The molecule has 2 saturated heterocycles. The van der Waals surface area contributed by atoms with Crippen molar-refractivity contribution in [3.05, 3.63) is 34.3 Å². The van der Waals surface area contributed by atoms with Crippen LogP contribution in [-0.4, -0.2) is 59.4 Å². The summed E-state index contributed by atoms with van der Waals surface area (Å²) in [5.41, 5.74) is -0.457. The second kappa shape index (κ2) is 8.65. The number of rotatable bonds is 4. The number of halogens is 1. The van der Waals surface area contributed by atoms with E-state index in [-0.39, 0.29) is 17.8 Å². The Balaban J connectivity index is 1.83. The Morgan fingerprint density at radius 2 is 1.89 bits per heavy atom. The van der Waals surface area contributed by atoms with E-state index in [9.17, 15) is 14.4 Å². The Hall–Kier alpha value is -1.54. The van der Waals surface area contributed by atoms with E-state index in [1.165, 1.54) is 7.11 Å². The number of likely N-dealkylation sites (tertiary alicyclic amines) is 1. The maximum Gasteiger partial charge on any atom is 0.328 e. The van der Waals surface area contributed by atoms with Gasteiger partial charge in [0, 0.05) is 16.6 Å².